The molecule has 1 amide bonds. The van der Waals surface area contributed by atoms with Crippen LogP contribution in [0.5, 0.6) is 5.75 Å². The van der Waals surface area contributed by atoms with Crippen molar-refractivity contribution in [2.45, 2.75) is 0 Å². The lowest BCUT2D eigenvalue weighted by Gasteiger charge is -2.06. The summed E-state index contributed by atoms with van der Waals surface area (Å²) in [6.07, 6.45) is 1.38. The predicted octanol–water partition coefficient (Wildman–Crippen LogP) is 1.90. The second-order valence-electron chi connectivity index (χ2n) is 4.85. The Morgan fingerprint density at radius 1 is 1.16 bits per heavy atom. The van der Waals surface area contributed by atoms with Crippen LogP contribution in [0.15, 0.2) is 42.6 Å². The third-order valence-electron chi connectivity index (χ3n) is 3.12. The van der Waals surface area contributed by atoms with Crippen LogP contribution in [0.25, 0.3) is 0 Å². The fraction of sp³-hybridized carbons (Fsp3) is 0.176. The normalized spacial score (nSPS) is 10.0. The van der Waals surface area contributed by atoms with E-state index in [1.807, 2.05) is 0 Å². The molecule has 2 rings (SSSR count). The van der Waals surface area contributed by atoms with Gasteiger partial charge in [-0.3, -0.25) is 19.4 Å². The number of carbonyl (C=O) groups is 3. The highest BCUT2D eigenvalue weighted by Gasteiger charge is 2.13. The molecule has 1 aromatic carbocycles. The van der Waals surface area contributed by atoms with Crippen LogP contribution in [0, 0.1) is 0 Å². The molecule has 0 atom stereocenters. The van der Waals surface area contributed by atoms with E-state index in [9.17, 15) is 14.4 Å². The van der Waals surface area contributed by atoms with Crippen LogP contribution >= 0.6 is 11.6 Å². The zero-order valence-corrected chi connectivity index (χ0v) is 14.1. The van der Waals surface area contributed by atoms with Gasteiger partial charge in [0.05, 0.1) is 7.11 Å². The molecule has 25 heavy (non-hydrogen) atoms. The molecule has 0 aliphatic rings. The van der Waals surface area contributed by atoms with Crippen LogP contribution in [0.1, 0.15) is 20.8 Å². The van der Waals surface area contributed by atoms with Crippen molar-refractivity contribution in [3.8, 4) is 5.75 Å². The minimum atomic E-state index is -0.739. The van der Waals surface area contributed by atoms with Crippen LogP contribution in [-0.4, -0.2) is 42.9 Å². The van der Waals surface area contributed by atoms with E-state index < -0.39 is 18.5 Å². The van der Waals surface area contributed by atoms with Gasteiger partial charge in [0.15, 0.2) is 12.4 Å². The molecule has 2 aromatic rings. The first-order chi connectivity index (χ1) is 12.0. The number of hydrogen-bond donors (Lipinski definition) is 1. The molecule has 0 bridgehead atoms. The molecule has 130 valence electrons. The summed E-state index contributed by atoms with van der Waals surface area (Å²) in [6.45, 7) is -0.806. The summed E-state index contributed by atoms with van der Waals surface area (Å²) in [6, 6.07) is 9.30. The Morgan fingerprint density at radius 2 is 1.88 bits per heavy atom. The van der Waals surface area contributed by atoms with Gasteiger partial charge >= 0.3 is 5.97 Å². The number of nitrogens with one attached hydrogen (secondary N) is 1. The fourth-order valence-corrected chi connectivity index (χ4v) is 1.99. The minimum absolute atomic E-state index is 0.0783. The lowest BCUT2D eigenvalue weighted by molar-refractivity contribution is -0.141. The van der Waals surface area contributed by atoms with Gasteiger partial charge in [0, 0.05) is 16.8 Å². The van der Waals surface area contributed by atoms with Gasteiger partial charge in [-0.1, -0.05) is 11.6 Å². The summed E-state index contributed by atoms with van der Waals surface area (Å²) in [5, 5.41) is 2.70. The number of benzene rings is 1. The predicted molar refractivity (Wildman–Crippen MR) is 89.9 cm³/mol. The molecule has 0 spiro atoms. The SMILES string of the molecule is COc1ccc(C(=O)COC(=O)CNC(=O)c2cc(Cl)ccn2)cc1. The lowest BCUT2D eigenvalue weighted by atomic mass is 10.1. The first-order valence-electron chi connectivity index (χ1n) is 7.22. The molecule has 0 aliphatic heterocycles. The molecule has 0 radical (unpaired) electrons. The average molecular weight is 363 g/mol. The van der Waals surface area contributed by atoms with Gasteiger partial charge in [0.2, 0.25) is 0 Å². The number of esters is 1. The summed E-state index contributed by atoms with van der Waals surface area (Å²) < 4.78 is 9.84. The van der Waals surface area contributed by atoms with Crippen molar-refractivity contribution in [2.75, 3.05) is 20.3 Å². The fourth-order valence-electron chi connectivity index (χ4n) is 1.83. The van der Waals surface area contributed by atoms with Crippen molar-refractivity contribution >= 4 is 29.3 Å². The molecule has 0 fully saturated rings. The number of rotatable bonds is 7. The average Bonchev–Trinajstić information content (AvgIpc) is 2.64. The number of pyridine rings is 1. The number of carbonyl (C=O) groups excluding carboxylic acids is 3. The zero-order valence-electron chi connectivity index (χ0n) is 13.3. The van der Waals surface area contributed by atoms with Crippen LogP contribution in [-0.2, 0) is 9.53 Å². The second-order valence-corrected chi connectivity index (χ2v) is 5.29. The van der Waals surface area contributed by atoms with E-state index in [4.69, 9.17) is 21.1 Å². The molecule has 1 aromatic heterocycles. The van der Waals surface area contributed by atoms with Crippen LogP contribution in [0.4, 0.5) is 0 Å². The molecule has 0 aliphatic carbocycles. The largest absolute Gasteiger partial charge is 0.497 e. The molecule has 0 saturated heterocycles. The van der Waals surface area contributed by atoms with E-state index in [0.29, 0.717) is 16.3 Å². The van der Waals surface area contributed by atoms with Gasteiger partial charge in [-0.25, -0.2) is 0 Å². The molecule has 0 unspecified atom stereocenters. The van der Waals surface area contributed by atoms with Crippen LogP contribution in [0.3, 0.4) is 0 Å². The zero-order chi connectivity index (χ0) is 18.2. The molecular formula is C17H15ClN2O5. The summed E-state index contributed by atoms with van der Waals surface area (Å²) in [5.74, 6) is -1.05. The Hall–Kier alpha value is -2.93. The maximum Gasteiger partial charge on any atom is 0.325 e. The summed E-state index contributed by atoms with van der Waals surface area (Å²) in [4.78, 5) is 39.2. The maximum absolute atomic E-state index is 11.9. The van der Waals surface area contributed by atoms with Crippen molar-refractivity contribution in [3.05, 3.63) is 58.9 Å². The van der Waals surface area contributed by atoms with Crippen molar-refractivity contribution in [1.82, 2.24) is 10.3 Å². The van der Waals surface area contributed by atoms with Gasteiger partial charge in [0.1, 0.15) is 18.0 Å². The topological polar surface area (TPSA) is 94.6 Å². The first kappa shape index (κ1) is 18.4. The second kappa shape index (κ2) is 8.79. The van der Waals surface area contributed by atoms with Gasteiger partial charge < -0.3 is 14.8 Å². The van der Waals surface area contributed by atoms with Crippen LogP contribution < -0.4 is 10.1 Å². The minimum Gasteiger partial charge on any atom is -0.497 e. The van der Waals surface area contributed by atoms with E-state index in [-0.39, 0.29) is 18.0 Å². The lowest BCUT2D eigenvalue weighted by Crippen LogP contribution is -2.32. The number of Topliss-reactive ketones (excluding diaryl/α,β-unsaturated/α-hetero) is 1. The Bertz CT molecular complexity index is 777. The molecule has 1 N–H and O–H groups in total. The van der Waals surface area contributed by atoms with Crippen molar-refractivity contribution in [1.29, 1.82) is 0 Å². The maximum atomic E-state index is 11.9. The first-order valence-corrected chi connectivity index (χ1v) is 7.60. The van der Waals surface area contributed by atoms with Crippen LogP contribution in [0.2, 0.25) is 5.02 Å². The third kappa shape index (κ3) is 5.58. The van der Waals surface area contributed by atoms with E-state index >= 15 is 0 Å². The Labute approximate surface area is 148 Å². The smallest absolute Gasteiger partial charge is 0.325 e. The number of aromatic nitrogens is 1. The monoisotopic (exact) mass is 362 g/mol. The van der Waals surface area contributed by atoms with E-state index in [1.165, 1.54) is 25.4 Å². The Kier molecular flexibility index (Phi) is 6.47. The quantitative estimate of drug-likeness (QED) is 0.597. The molecule has 0 saturated carbocycles. The van der Waals surface area contributed by atoms with Gasteiger partial charge in [-0.2, -0.15) is 0 Å². The van der Waals surface area contributed by atoms with E-state index in [0.717, 1.165) is 0 Å². The number of amides is 1. The number of ether oxygens (including phenoxy) is 2. The van der Waals surface area contributed by atoms with E-state index in [2.05, 4.69) is 10.3 Å². The standard InChI is InChI=1S/C17H15ClN2O5/c1-24-13-4-2-11(3-5-13)15(21)10-25-16(22)9-20-17(23)14-8-12(18)6-7-19-14/h2-8H,9-10H2,1H3,(H,20,23). The van der Waals surface area contributed by atoms with E-state index in [1.54, 1.807) is 24.3 Å². The van der Waals surface area contributed by atoms with Crippen molar-refractivity contribution in [2.24, 2.45) is 0 Å². The van der Waals surface area contributed by atoms with Crippen molar-refractivity contribution < 1.29 is 23.9 Å². The molecular weight excluding hydrogens is 348 g/mol. The number of ketones is 1. The number of nitrogens with zero attached hydrogens (tertiary/aromatic N) is 1. The highest BCUT2D eigenvalue weighted by molar-refractivity contribution is 6.30. The third-order valence-corrected chi connectivity index (χ3v) is 3.36. The van der Waals surface area contributed by atoms with Crippen molar-refractivity contribution in [3.63, 3.8) is 0 Å². The van der Waals surface area contributed by atoms with Gasteiger partial charge in [0.25, 0.3) is 5.91 Å². The number of methoxy groups -OCH3 is 1. The number of halogens is 1. The number of hydrogen-bond acceptors (Lipinski definition) is 6. The molecule has 7 nitrogen and oxygen atoms in total. The highest BCUT2D eigenvalue weighted by Crippen LogP contribution is 2.11. The summed E-state index contributed by atoms with van der Waals surface area (Å²) in [7, 11) is 1.52. The molecule has 8 heteroatoms. The van der Waals surface area contributed by atoms with Gasteiger partial charge in [-0.15, -0.1) is 0 Å². The van der Waals surface area contributed by atoms with Gasteiger partial charge in [-0.05, 0) is 36.4 Å². The highest BCUT2D eigenvalue weighted by atomic mass is 35.5. The Balaban J connectivity index is 1.78. The summed E-state index contributed by atoms with van der Waals surface area (Å²) in [5.41, 5.74) is 0.468. The summed E-state index contributed by atoms with van der Waals surface area (Å²) >= 11 is 5.76. The molecule has 1 heterocycles. The Morgan fingerprint density at radius 3 is 2.52 bits per heavy atom.